The number of morpholine rings is 1. The molecule has 2 aliphatic carbocycles. The Hall–Kier alpha value is -1.06. The second-order valence-corrected chi connectivity index (χ2v) is 6.93. The van der Waals surface area contributed by atoms with Gasteiger partial charge in [-0.3, -0.25) is 0 Å². The third kappa shape index (κ3) is 2.36. The van der Waals surface area contributed by atoms with Gasteiger partial charge in [0.25, 0.3) is 0 Å². The summed E-state index contributed by atoms with van der Waals surface area (Å²) in [4.78, 5) is 0. The molecule has 2 atom stereocenters. The fourth-order valence-electron chi connectivity index (χ4n) is 4.43. The highest BCUT2D eigenvalue weighted by Crippen LogP contribution is 2.42. The van der Waals surface area contributed by atoms with E-state index < -0.39 is 0 Å². The molecule has 1 aliphatic heterocycles. The largest absolute Gasteiger partial charge is 0.497 e. The van der Waals surface area contributed by atoms with Crippen LogP contribution in [0.25, 0.3) is 0 Å². The lowest BCUT2D eigenvalue weighted by Gasteiger charge is -2.49. The number of ether oxygens (including phenoxy) is 2. The minimum Gasteiger partial charge on any atom is -0.497 e. The summed E-state index contributed by atoms with van der Waals surface area (Å²) >= 11 is 0. The van der Waals surface area contributed by atoms with Gasteiger partial charge in [-0.05, 0) is 48.9 Å². The smallest absolute Gasteiger partial charge is 0.119 e. The van der Waals surface area contributed by atoms with Gasteiger partial charge in [-0.25, -0.2) is 0 Å². The Kier molecular flexibility index (Phi) is 3.43. The van der Waals surface area contributed by atoms with Crippen LogP contribution in [-0.4, -0.2) is 25.3 Å². The molecule has 1 spiro atoms. The van der Waals surface area contributed by atoms with Crippen molar-refractivity contribution in [1.29, 1.82) is 0 Å². The van der Waals surface area contributed by atoms with Crippen molar-refractivity contribution >= 4 is 0 Å². The predicted molar refractivity (Wildman–Crippen MR) is 82.7 cm³/mol. The highest BCUT2D eigenvalue weighted by atomic mass is 16.5. The van der Waals surface area contributed by atoms with Gasteiger partial charge >= 0.3 is 0 Å². The van der Waals surface area contributed by atoms with E-state index in [0.717, 1.165) is 18.8 Å². The van der Waals surface area contributed by atoms with Crippen LogP contribution in [0.2, 0.25) is 0 Å². The van der Waals surface area contributed by atoms with Gasteiger partial charge in [-0.2, -0.15) is 0 Å². The third-order valence-corrected chi connectivity index (χ3v) is 5.59. The van der Waals surface area contributed by atoms with Crippen molar-refractivity contribution in [3.63, 3.8) is 0 Å². The molecule has 1 saturated carbocycles. The van der Waals surface area contributed by atoms with Crippen LogP contribution in [0.5, 0.6) is 5.75 Å². The lowest BCUT2D eigenvalue weighted by Crippen LogP contribution is -2.61. The highest BCUT2D eigenvalue weighted by Gasteiger charge is 2.43. The van der Waals surface area contributed by atoms with E-state index in [1.54, 1.807) is 7.11 Å². The van der Waals surface area contributed by atoms with Crippen LogP contribution in [0.15, 0.2) is 18.2 Å². The first kappa shape index (κ1) is 13.6. The summed E-state index contributed by atoms with van der Waals surface area (Å²) in [6.07, 6.45) is 9.17. The van der Waals surface area contributed by atoms with Crippen LogP contribution in [0.4, 0.5) is 0 Å². The van der Waals surface area contributed by atoms with Crippen molar-refractivity contribution in [2.75, 3.05) is 13.7 Å². The molecule has 114 valence electrons. The lowest BCUT2D eigenvalue weighted by atomic mass is 9.77. The Morgan fingerprint density at radius 3 is 2.90 bits per heavy atom. The minimum atomic E-state index is 0.205. The topological polar surface area (TPSA) is 30.5 Å². The minimum absolute atomic E-state index is 0.205. The summed E-state index contributed by atoms with van der Waals surface area (Å²) < 4.78 is 11.8. The summed E-state index contributed by atoms with van der Waals surface area (Å²) in [6.45, 7) is 0.866. The number of benzene rings is 1. The molecule has 2 unspecified atom stereocenters. The summed E-state index contributed by atoms with van der Waals surface area (Å²) in [7, 11) is 1.74. The molecule has 1 aromatic rings. The zero-order valence-electron chi connectivity index (χ0n) is 12.9. The summed E-state index contributed by atoms with van der Waals surface area (Å²) in [5.41, 5.74) is 3.03. The van der Waals surface area contributed by atoms with Crippen LogP contribution in [0.1, 0.15) is 55.8 Å². The van der Waals surface area contributed by atoms with E-state index in [2.05, 4.69) is 23.5 Å². The first-order valence-corrected chi connectivity index (χ1v) is 8.36. The Morgan fingerprint density at radius 2 is 2.10 bits per heavy atom. The first-order chi connectivity index (χ1) is 10.3. The molecule has 3 heteroatoms. The number of methoxy groups -OCH3 is 1. The summed E-state index contributed by atoms with van der Waals surface area (Å²) in [5, 5.41) is 3.98. The number of fused-ring (bicyclic) bond motifs is 3. The number of aryl methyl sites for hydroxylation is 1. The Balaban J connectivity index is 1.59. The first-order valence-electron chi connectivity index (χ1n) is 8.36. The van der Waals surface area contributed by atoms with Crippen molar-refractivity contribution < 1.29 is 9.47 Å². The van der Waals surface area contributed by atoms with Gasteiger partial charge in [0.1, 0.15) is 5.75 Å². The maximum atomic E-state index is 6.38. The van der Waals surface area contributed by atoms with Crippen LogP contribution in [0.3, 0.4) is 0 Å². The molecular formula is C18H25NO2. The van der Waals surface area contributed by atoms with Crippen molar-refractivity contribution in [2.45, 2.75) is 62.6 Å². The molecule has 0 aromatic heterocycles. The molecule has 1 heterocycles. The molecule has 4 rings (SSSR count). The fourth-order valence-corrected chi connectivity index (χ4v) is 4.43. The molecule has 1 saturated heterocycles. The predicted octanol–water partition coefficient (Wildman–Crippen LogP) is 3.37. The average Bonchev–Trinajstić information content (AvgIpc) is 2.54. The molecular weight excluding hydrogens is 262 g/mol. The van der Waals surface area contributed by atoms with Crippen molar-refractivity contribution in [1.82, 2.24) is 5.32 Å². The maximum Gasteiger partial charge on any atom is 0.119 e. The third-order valence-electron chi connectivity index (χ3n) is 5.59. The molecule has 21 heavy (non-hydrogen) atoms. The second kappa shape index (κ2) is 5.29. The van der Waals surface area contributed by atoms with Gasteiger partial charge in [0.2, 0.25) is 0 Å². The maximum absolute atomic E-state index is 6.38. The van der Waals surface area contributed by atoms with E-state index in [-0.39, 0.29) is 11.6 Å². The van der Waals surface area contributed by atoms with Gasteiger partial charge < -0.3 is 14.8 Å². The van der Waals surface area contributed by atoms with Crippen LogP contribution < -0.4 is 10.1 Å². The van der Waals surface area contributed by atoms with Gasteiger partial charge in [0, 0.05) is 11.6 Å². The summed E-state index contributed by atoms with van der Waals surface area (Å²) in [5.74, 6) is 0.941. The molecule has 0 radical (unpaired) electrons. The standard InChI is InChI=1S/C18H25NO2/c1-20-14-7-5-13-6-8-16-17(15(13)11-14)21-12-18(19-16)9-3-2-4-10-18/h5,7,11,16-17,19H,2-4,6,8-10,12H2,1H3. The molecule has 0 amide bonds. The zero-order chi connectivity index (χ0) is 14.3. The lowest BCUT2D eigenvalue weighted by molar-refractivity contribution is -0.0811. The molecule has 2 fully saturated rings. The molecule has 3 nitrogen and oxygen atoms in total. The van der Waals surface area contributed by atoms with Crippen molar-refractivity contribution in [3.05, 3.63) is 29.3 Å². The molecule has 1 N–H and O–H groups in total. The summed E-state index contributed by atoms with van der Waals surface area (Å²) in [6, 6.07) is 6.92. The van der Waals surface area contributed by atoms with Crippen LogP contribution in [-0.2, 0) is 11.2 Å². The van der Waals surface area contributed by atoms with Crippen molar-refractivity contribution in [2.24, 2.45) is 0 Å². The number of hydrogen-bond donors (Lipinski definition) is 1. The Labute approximate surface area is 127 Å². The Bertz CT molecular complexity index is 522. The van der Waals surface area contributed by atoms with Crippen LogP contribution >= 0.6 is 0 Å². The fraction of sp³-hybridized carbons (Fsp3) is 0.667. The monoisotopic (exact) mass is 287 g/mol. The molecule has 3 aliphatic rings. The van der Waals surface area contributed by atoms with E-state index in [0.29, 0.717) is 6.04 Å². The highest BCUT2D eigenvalue weighted by molar-refractivity contribution is 5.40. The number of rotatable bonds is 1. The number of hydrogen-bond acceptors (Lipinski definition) is 3. The van der Waals surface area contributed by atoms with Crippen LogP contribution in [0, 0.1) is 0 Å². The van der Waals surface area contributed by atoms with E-state index in [1.165, 1.54) is 49.7 Å². The van der Waals surface area contributed by atoms with Crippen molar-refractivity contribution in [3.8, 4) is 5.75 Å². The number of nitrogens with one attached hydrogen (secondary N) is 1. The average molecular weight is 287 g/mol. The van der Waals surface area contributed by atoms with Gasteiger partial charge in [0.15, 0.2) is 0 Å². The Morgan fingerprint density at radius 1 is 1.24 bits per heavy atom. The van der Waals surface area contributed by atoms with E-state index in [9.17, 15) is 0 Å². The quantitative estimate of drug-likeness (QED) is 0.859. The second-order valence-electron chi connectivity index (χ2n) is 6.93. The SMILES string of the molecule is COc1ccc2c(c1)C1OCC3(CCCCC3)NC1CC2. The normalized spacial score (nSPS) is 30.5. The molecule has 1 aromatic carbocycles. The molecule has 0 bridgehead atoms. The van der Waals surface area contributed by atoms with Gasteiger partial charge in [-0.1, -0.05) is 25.3 Å². The van der Waals surface area contributed by atoms with E-state index in [1.807, 2.05) is 0 Å². The zero-order valence-corrected chi connectivity index (χ0v) is 12.9. The van der Waals surface area contributed by atoms with Gasteiger partial charge in [-0.15, -0.1) is 0 Å². The van der Waals surface area contributed by atoms with E-state index >= 15 is 0 Å². The van der Waals surface area contributed by atoms with E-state index in [4.69, 9.17) is 9.47 Å². The van der Waals surface area contributed by atoms with Gasteiger partial charge in [0.05, 0.1) is 19.8 Å².